The van der Waals surface area contributed by atoms with Gasteiger partial charge in [-0.25, -0.2) is 0 Å². The van der Waals surface area contributed by atoms with Crippen LogP contribution in [-0.2, 0) is 0 Å². The van der Waals surface area contributed by atoms with Crippen molar-refractivity contribution in [1.82, 2.24) is 0 Å². The van der Waals surface area contributed by atoms with Crippen molar-refractivity contribution in [3.05, 3.63) is 11.5 Å². The lowest BCUT2D eigenvalue weighted by molar-refractivity contribution is 0.545. The molecule has 0 N–H and O–H groups in total. The predicted molar refractivity (Wildman–Crippen MR) is 73.4 cm³/mol. The van der Waals surface area contributed by atoms with Crippen LogP contribution < -0.4 is 0 Å². The lowest BCUT2D eigenvalue weighted by atomic mass is 9.98. The van der Waals surface area contributed by atoms with Gasteiger partial charge in [0.25, 0.3) is 0 Å². The summed E-state index contributed by atoms with van der Waals surface area (Å²) in [4.78, 5) is 0. The van der Waals surface area contributed by atoms with Crippen LogP contribution in [0.5, 0.6) is 0 Å². The zero-order chi connectivity index (χ0) is 11.2. The Morgan fingerprint density at radius 2 is 1.43 bits per heavy atom. The quantitative estimate of drug-likeness (QED) is 0.579. The SMILES string of the molecule is CC[Si](CC)(CC)S/C=C/C(C)(C)C. The summed E-state index contributed by atoms with van der Waals surface area (Å²) in [5, 5.41) is 2.36. The molecule has 0 nitrogen and oxygen atoms in total. The Morgan fingerprint density at radius 3 is 1.71 bits per heavy atom. The summed E-state index contributed by atoms with van der Waals surface area (Å²) in [6, 6.07) is 4.21. The fourth-order valence-electron chi connectivity index (χ4n) is 1.38. The summed E-state index contributed by atoms with van der Waals surface area (Å²) in [5.41, 5.74) is 0.336. The van der Waals surface area contributed by atoms with E-state index in [0.29, 0.717) is 5.41 Å². The van der Waals surface area contributed by atoms with Gasteiger partial charge in [0.15, 0.2) is 0 Å². The minimum Gasteiger partial charge on any atom is -0.159 e. The highest BCUT2D eigenvalue weighted by Crippen LogP contribution is 2.34. The third-order valence-corrected chi connectivity index (χ3v) is 12.0. The van der Waals surface area contributed by atoms with Gasteiger partial charge in [-0.1, -0.05) is 65.8 Å². The van der Waals surface area contributed by atoms with Gasteiger partial charge in [-0.05, 0) is 10.8 Å². The standard InChI is InChI=1S/C12H26SSi/c1-7-14(8-2,9-3)13-11-10-12(4,5)6/h10-11H,7-9H2,1-6H3/b11-10+. The Labute approximate surface area is 95.2 Å². The summed E-state index contributed by atoms with van der Waals surface area (Å²) in [6.07, 6.45) is 2.35. The Morgan fingerprint density at radius 1 is 1.00 bits per heavy atom. The molecule has 0 bridgehead atoms. The second-order valence-corrected chi connectivity index (χ2v) is 13.3. The number of hydrogen-bond acceptors (Lipinski definition) is 1. The maximum Gasteiger partial charge on any atom is 0.122 e. The molecule has 0 saturated heterocycles. The minimum atomic E-state index is -0.987. The molecular formula is C12H26SSi. The molecular weight excluding hydrogens is 204 g/mol. The molecule has 0 rings (SSSR count). The molecule has 0 radical (unpaired) electrons. The first kappa shape index (κ1) is 14.3. The summed E-state index contributed by atoms with van der Waals surface area (Å²) < 4.78 is 0. The van der Waals surface area contributed by atoms with E-state index in [1.165, 1.54) is 18.1 Å². The van der Waals surface area contributed by atoms with Crippen molar-refractivity contribution < 1.29 is 0 Å². The van der Waals surface area contributed by atoms with Gasteiger partial charge < -0.3 is 0 Å². The molecule has 14 heavy (non-hydrogen) atoms. The van der Waals surface area contributed by atoms with Crippen LogP contribution in [0.25, 0.3) is 0 Å². The lowest BCUT2D eigenvalue weighted by Crippen LogP contribution is -2.25. The molecule has 0 aromatic carbocycles. The molecule has 0 aliphatic rings. The van der Waals surface area contributed by atoms with E-state index in [-0.39, 0.29) is 0 Å². The first-order chi connectivity index (χ1) is 6.39. The maximum absolute atomic E-state index is 2.36. The third kappa shape index (κ3) is 5.25. The van der Waals surface area contributed by atoms with Gasteiger partial charge in [-0.2, -0.15) is 11.2 Å². The normalized spacial score (nSPS) is 13.9. The van der Waals surface area contributed by atoms with E-state index in [4.69, 9.17) is 0 Å². The van der Waals surface area contributed by atoms with Gasteiger partial charge in [0.2, 0.25) is 0 Å². The topological polar surface area (TPSA) is 0 Å². The van der Waals surface area contributed by atoms with Gasteiger partial charge in [0.1, 0.15) is 7.22 Å². The van der Waals surface area contributed by atoms with Crippen molar-refractivity contribution in [2.75, 3.05) is 0 Å². The van der Waals surface area contributed by atoms with E-state index in [1.807, 2.05) is 0 Å². The van der Waals surface area contributed by atoms with Gasteiger partial charge in [0, 0.05) is 0 Å². The second kappa shape index (κ2) is 6.01. The van der Waals surface area contributed by atoms with E-state index in [2.05, 4.69) is 64.2 Å². The van der Waals surface area contributed by atoms with Crippen molar-refractivity contribution in [2.45, 2.75) is 59.7 Å². The molecule has 0 aromatic rings. The number of hydrogen-bond donors (Lipinski definition) is 0. The maximum atomic E-state index is 2.36. The van der Waals surface area contributed by atoms with E-state index in [0.717, 1.165) is 0 Å². The molecule has 0 amide bonds. The van der Waals surface area contributed by atoms with Crippen LogP contribution in [0.2, 0.25) is 18.1 Å². The van der Waals surface area contributed by atoms with Crippen LogP contribution in [0.3, 0.4) is 0 Å². The zero-order valence-corrected chi connectivity index (χ0v) is 12.5. The smallest absolute Gasteiger partial charge is 0.122 e. The van der Waals surface area contributed by atoms with Crippen LogP contribution in [0.15, 0.2) is 11.5 Å². The van der Waals surface area contributed by atoms with Gasteiger partial charge in [-0.15, -0.1) is 0 Å². The van der Waals surface area contributed by atoms with Crippen molar-refractivity contribution in [3.63, 3.8) is 0 Å². The van der Waals surface area contributed by atoms with E-state index in [1.54, 1.807) is 0 Å². The van der Waals surface area contributed by atoms with E-state index < -0.39 is 7.22 Å². The van der Waals surface area contributed by atoms with Crippen LogP contribution in [-0.4, -0.2) is 7.22 Å². The summed E-state index contributed by atoms with van der Waals surface area (Å²) >= 11 is 2.15. The highest BCUT2D eigenvalue weighted by Gasteiger charge is 2.26. The number of rotatable bonds is 5. The molecule has 2 heteroatoms. The van der Waals surface area contributed by atoms with Crippen LogP contribution in [0.4, 0.5) is 0 Å². The summed E-state index contributed by atoms with van der Waals surface area (Å²) in [6.45, 7) is 13.9. The summed E-state index contributed by atoms with van der Waals surface area (Å²) in [5.74, 6) is 0. The molecule has 0 heterocycles. The highest BCUT2D eigenvalue weighted by atomic mass is 32.4. The minimum absolute atomic E-state index is 0.336. The molecule has 0 fully saturated rings. The Bertz CT molecular complexity index is 167. The lowest BCUT2D eigenvalue weighted by Gasteiger charge is -2.25. The molecule has 0 aliphatic heterocycles. The van der Waals surface area contributed by atoms with Crippen LogP contribution in [0.1, 0.15) is 41.5 Å². The molecule has 84 valence electrons. The zero-order valence-electron chi connectivity index (χ0n) is 10.7. The third-order valence-electron chi connectivity index (χ3n) is 2.82. The highest BCUT2D eigenvalue weighted by molar-refractivity contribution is 8.31. The first-order valence-electron chi connectivity index (χ1n) is 5.74. The van der Waals surface area contributed by atoms with E-state index >= 15 is 0 Å². The van der Waals surface area contributed by atoms with Crippen molar-refractivity contribution in [1.29, 1.82) is 0 Å². The first-order valence-corrected chi connectivity index (χ1v) is 9.97. The van der Waals surface area contributed by atoms with Gasteiger partial charge >= 0.3 is 0 Å². The Balaban J connectivity index is 4.26. The van der Waals surface area contributed by atoms with E-state index in [9.17, 15) is 0 Å². The monoisotopic (exact) mass is 230 g/mol. The van der Waals surface area contributed by atoms with Crippen molar-refractivity contribution in [3.8, 4) is 0 Å². The Kier molecular flexibility index (Phi) is 6.15. The molecule has 0 atom stereocenters. The van der Waals surface area contributed by atoms with Crippen molar-refractivity contribution >= 4 is 18.4 Å². The Hall–Kier alpha value is 0.307. The largest absolute Gasteiger partial charge is 0.159 e. The van der Waals surface area contributed by atoms with Gasteiger partial charge in [-0.3, -0.25) is 0 Å². The average Bonchev–Trinajstić information content (AvgIpc) is 2.11. The number of allylic oxidation sites excluding steroid dienone is 1. The second-order valence-electron chi connectivity index (χ2n) is 5.03. The molecule has 0 unspecified atom stereocenters. The molecule has 0 aromatic heterocycles. The average molecular weight is 230 g/mol. The van der Waals surface area contributed by atoms with Crippen LogP contribution >= 0.6 is 11.2 Å². The summed E-state index contributed by atoms with van der Waals surface area (Å²) in [7, 11) is -0.987. The van der Waals surface area contributed by atoms with Gasteiger partial charge in [0.05, 0.1) is 0 Å². The van der Waals surface area contributed by atoms with Crippen LogP contribution in [0, 0.1) is 5.41 Å². The fourth-order valence-corrected chi connectivity index (χ4v) is 6.72. The fraction of sp³-hybridized carbons (Fsp3) is 0.833. The predicted octanol–water partition coefficient (Wildman–Crippen LogP) is 5.28. The molecule has 0 spiro atoms. The molecule has 0 aliphatic carbocycles. The van der Waals surface area contributed by atoms with Crippen molar-refractivity contribution in [2.24, 2.45) is 5.41 Å². The molecule has 0 saturated carbocycles.